The van der Waals surface area contributed by atoms with Crippen molar-refractivity contribution in [3.8, 4) is 5.75 Å². The van der Waals surface area contributed by atoms with Gasteiger partial charge in [-0.3, -0.25) is 4.79 Å². The van der Waals surface area contributed by atoms with Crippen molar-refractivity contribution in [2.24, 2.45) is 0 Å². The maximum absolute atomic E-state index is 12.0. The van der Waals surface area contributed by atoms with E-state index in [0.29, 0.717) is 22.9 Å². The minimum absolute atomic E-state index is 0.101. The van der Waals surface area contributed by atoms with Gasteiger partial charge in [-0.1, -0.05) is 38.1 Å². The number of carboxylic acids is 1. The van der Waals surface area contributed by atoms with E-state index in [4.69, 9.17) is 9.84 Å². The zero-order valence-electron chi connectivity index (χ0n) is 14.2. The number of rotatable bonds is 7. The van der Waals surface area contributed by atoms with Crippen molar-refractivity contribution in [3.63, 3.8) is 0 Å². The van der Waals surface area contributed by atoms with Crippen molar-refractivity contribution in [1.29, 1.82) is 0 Å². The van der Waals surface area contributed by atoms with E-state index in [2.05, 4.69) is 19.2 Å². The van der Waals surface area contributed by atoms with Gasteiger partial charge >= 0.3 is 5.97 Å². The molecule has 0 saturated carbocycles. The number of carboxylic acid groups (broad SMARTS) is 1. The van der Waals surface area contributed by atoms with Gasteiger partial charge in [0.05, 0.1) is 0 Å². The number of anilines is 1. The summed E-state index contributed by atoms with van der Waals surface area (Å²) >= 11 is 0. The summed E-state index contributed by atoms with van der Waals surface area (Å²) in [4.78, 5) is 22.5. The lowest BCUT2D eigenvalue weighted by atomic mass is 10.0. The second-order valence-corrected chi connectivity index (χ2v) is 5.86. The fourth-order valence-electron chi connectivity index (χ4n) is 2.18. The fraction of sp³-hybridized carbons (Fsp3) is 0.200. The fourth-order valence-corrected chi connectivity index (χ4v) is 2.18. The van der Waals surface area contributed by atoms with E-state index >= 15 is 0 Å². The van der Waals surface area contributed by atoms with E-state index in [1.165, 1.54) is 11.6 Å². The number of benzene rings is 2. The summed E-state index contributed by atoms with van der Waals surface area (Å²) in [6, 6.07) is 14.6. The summed E-state index contributed by atoms with van der Waals surface area (Å²) in [5.74, 6) is -0.226. The van der Waals surface area contributed by atoms with Gasteiger partial charge < -0.3 is 15.2 Å². The van der Waals surface area contributed by atoms with Crippen molar-refractivity contribution < 1.29 is 19.4 Å². The third kappa shape index (κ3) is 6.14. The Labute approximate surface area is 146 Å². The van der Waals surface area contributed by atoms with Crippen LogP contribution in [0.5, 0.6) is 5.75 Å². The zero-order chi connectivity index (χ0) is 18.2. The van der Waals surface area contributed by atoms with Crippen LogP contribution in [0.15, 0.2) is 54.6 Å². The molecule has 5 heteroatoms. The molecule has 0 aromatic heterocycles. The van der Waals surface area contributed by atoms with E-state index in [0.717, 1.165) is 6.08 Å². The Morgan fingerprint density at radius 3 is 2.52 bits per heavy atom. The number of carbonyl (C=O) groups is 2. The molecule has 2 aromatic rings. The largest absolute Gasteiger partial charge is 0.484 e. The number of carbonyl (C=O) groups excluding carboxylic acids is 1. The molecular weight excluding hydrogens is 318 g/mol. The van der Waals surface area contributed by atoms with Gasteiger partial charge in [-0.15, -0.1) is 0 Å². The van der Waals surface area contributed by atoms with Crippen LogP contribution in [-0.2, 0) is 9.59 Å². The molecule has 0 radical (unpaired) electrons. The lowest BCUT2D eigenvalue weighted by molar-refractivity contribution is -0.131. The monoisotopic (exact) mass is 339 g/mol. The van der Waals surface area contributed by atoms with Crippen LogP contribution >= 0.6 is 0 Å². The number of amides is 1. The minimum atomic E-state index is -1.02. The van der Waals surface area contributed by atoms with Gasteiger partial charge in [-0.25, -0.2) is 4.79 Å². The molecule has 0 aliphatic heterocycles. The summed E-state index contributed by atoms with van der Waals surface area (Å²) < 4.78 is 5.48. The van der Waals surface area contributed by atoms with Crippen LogP contribution in [-0.4, -0.2) is 23.6 Å². The first-order valence-electron chi connectivity index (χ1n) is 7.98. The molecule has 130 valence electrons. The van der Waals surface area contributed by atoms with Crippen molar-refractivity contribution in [2.45, 2.75) is 19.8 Å². The Balaban J connectivity index is 1.89. The maximum Gasteiger partial charge on any atom is 0.328 e. The van der Waals surface area contributed by atoms with Crippen LogP contribution in [0.1, 0.15) is 30.9 Å². The van der Waals surface area contributed by atoms with Crippen LogP contribution < -0.4 is 10.1 Å². The Morgan fingerprint density at radius 1 is 1.16 bits per heavy atom. The quantitative estimate of drug-likeness (QED) is 0.750. The first kappa shape index (κ1) is 18.3. The number of hydrogen-bond acceptors (Lipinski definition) is 3. The van der Waals surface area contributed by atoms with Gasteiger partial charge in [0, 0.05) is 11.8 Å². The Hall–Kier alpha value is -3.08. The molecule has 0 aliphatic rings. The van der Waals surface area contributed by atoms with E-state index in [1.807, 2.05) is 24.3 Å². The van der Waals surface area contributed by atoms with Crippen molar-refractivity contribution in [3.05, 3.63) is 65.7 Å². The third-order valence-electron chi connectivity index (χ3n) is 3.51. The molecule has 5 nitrogen and oxygen atoms in total. The third-order valence-corrected chi connectivity index (χ3v) is 3.51. The van der Waals surface area contributed by atoms with Crippen molar-refractivity contribution in [2.75, 3.05) is 11.9 Å². The van der Waals surface area contributed by atoms with Gasteiger partial charge in [0.1, 0.15) is 5.75 Å². The summed E-state index contributed by atoms with van der Waals surface area (Å²) in [6.45, 7) is 4.13. The lowest BCUT2D eigenvalue weighted by Crippen LogP contribution is -2.20. The number of ether oxygens (including phenoxy) is 1. The van der Waals surface area contributed by atoms with E-state index in [1.54, 1.807) is 24.3 Å². The number of aliphatic carboxylic acids is 1. The van der Waals surface area contributed by atoms with Crippen LogP contribution in [0.4, 0.5) is 5.69 Å². The predicted octanol–water partition coefficient (Wildman–Crippen LogP) is 3.93. The van der Waals surface area contributed by atoms with Crippen LogP contribution in [0.3, 0.4) is 0 Å². The summed E-state index contributed by atoms with van der Waals surface area (Å²) in [6.07, 6.45) is 2.51. The van der Waals surface area contributed by atoms with E-state index in [9.17, 15) is 9.59 Å². The molecule has 2 N–H and O–H groups in total. The molecular formula is C20H21NO4. The average molecular weight is 339 g/mol. The predicted molar refractivity (Wildman–Crippen MR) is 97.8 cm³/mol. The summed E-state index contributed by atoms with van der Waals surface area (Å²) in [5.41, 5.74) is 2.48. The van der Waals surface area contributed by atoms with Gasteiger partial charge in [-0.2, -0.15) is 0 Å². The standard InChI is InChI=1S/C20H21NO4/c1-14(2)16-7-9-18(10-8-16)25-13-19(22)21-17-5-3-4-15(12-17)6-11-20(23)24/h3-12,14H,13H2,1-2H3,(H,21,22)(H,23,24)/b11-6+. The van der Waals surface area contributed by atoms with E-state index < -0.39 is 5.97 Å². The smallest absolute Gasteiger partial charge is 0.328 e. The molecule has 25 heavy (non-hydrogen) atoms. The molecule has 0 atom stereocenters. The maximum atomic E-state index is 12.0. The van der Waals surface area contributed by atoms with Gasteiger partial charge in [0.25, 0.3) is 5.91 Å². The van der Waals surface area contributed by atoms with Crippen LogP contribution in [0, 0.1) is 0 Å². The minimum Gasteiger partial charge on any atom is -0.484 e. The van der Waals surface area contributed by atoms with Gasteiger partial charge in [0.2, 0.25) is 0 Å². The average Bonchev–Trinajstić information content (AvgIpc) is 2.59. The molecule has 2 aromatic carbocycles. The lowest BCUT2D eigenvalue weighted by Gasteiger charge is -2.10. The topological polar surface area (TPSA) is 75.6 Å². The number of hydrogen-bond donors (Lipinski definition) is 2. The highest BCUT2D eigenvalue weighted by Crippen LogP contribution is 2.18. The highest BCUT2D eigenvalue weighted by Gasteiger charge is 2.05. The first-order chi connectivity index (χ1) is 11.9. The van der Waals surface area contributed by atoms with Crippen LogP contribution in [0.25, 0.3) is 6.08 Å². The number of nitrogens with one attached hydrogen (secondary N) is 1. The SMILES string of the molecule is CC(C)c1ccc(OCC(=O)Nc2cccc(/C=C/C(=O)O)c2)cc1. The summed E-state index contributed by atoms with van der Waals surface area (Å²) in [7, 11) is 0. The molecule has 0 fully saturated rings. The molecule has 1 amide bonds. The molecule has 2 rings (SSSR count). The molecule has 0 spiro atoms. The first-order valence-corrected chi connectivity index (χ1v) is 7.98. The molecule has 0 saturated heterocycles. The van der Waals surface area contributed by atoms with Gasteiger partial charge in [-0.05, 0) is 47.4 Å². The summed E-state index contributed by atoms with van der Waals surface area (Å²) in [5, 5.41) is 11.4. The van der Waals surface area contributed by atoms with Crippen molar-refractivity contribution in [1.82, 2.24) is 0 Å². The Kier molecular flexibility index (Phi) is 6.34. The molecule has 0 unspecified atom stereocenters. The van der Waals surface area contributed by atoms with Crippen LogP contribution in [0.2, 0.25) is 0 Å². The van der Waals surface area contributed by atoms with E-state index in [-0.39, 0.29) is 12.5 Å². The molecule has 0 heterocycles. The Bertz CT molecular complexity index is 764. The molecule has 0 aliphatic carbocycles. The van der Waals surface area contributed by atoms with Gasteiger partial charge in [0.15, 0.2) is 6.61 Å². The second-order valence-electron chi connectivity index (χ2n) is 5.86. The Morgan fingerprint density at radius 2 is 1.88 bits per heavy atom. The zero-order valence-corrected chi connectivity index (χ0v) is 14.2. The highest BCUT2D eigenvalue weighted by molar-refractivity contribution is 5.92. The van der Waals surface area contributed by atoms with Crippen molar-refractivity contribution >= 4 is 23.6 Å². The normalized spacial score (nSPS) is 10.8. The molecule has 0 bridgehead atoms. The highest BCUT2D eigenvalue weighted by atomic mass is 16.5. The second kappa shape index (κ2) is 8.68.